The number of rotatable bonds is 3. The van der Waals surface area contributed by atoms with Crippen molar-refractivity contribution in [2.45, 2.75) is 24.8 Å². The lowest BCUT2D eigenvalue weighted by atomic mass is 10.1. The van der Waals surface area contributed by atoms with Gasteiger partial charge in [-0.1, -0.05) is 11.3 Å². The van der Waals surface area contributed by atoms with E-state index in [1.807, 2.05) is 6.20 Å². The van der Waals surface area contributed by atoms with Crippen LogP contribution in [0.1, 0.15) is 40.9 Å². The van der Waals surface area contributed by atoms with Gasteiger partial charge in [0, 0.05) is 25.2 Å². The molecule has 1 saturated heterocycles. The molecule has 2 aromatic rings. The Morgan fingerprint density at radius 1 is 1.18 bits per heavy atom. The summed E-state index contributed by atoms with van der Waals surface area (Å²) < 4.78 is 29.0. The van der Waals surface area contributed by atoms with Crippen LogP contribution >= 0.6 is 0 Å². The van der Waals surface area contributed by atoms with Crippen LogP contribution in [0, 0.1) is 11.6 Å². The molecule has 1 aliphatic heterocycles. The molecule has 1 amide bonds. The van der Waals surface area contributed by atoms with Crippen molar-refractivity contribution in [2.75, 3.05) is 13.1 Å². The van der Waals surface area contributed by atoms with Gasteiger partial charge >= 0.3 is 0 Å². The first-order valence-electron chi connectivity index (χ1n) is 7.28. The van der Waals surface area contributed by atoms with E-state index in [2.05, 4.69) is 10.3 Å². The molecule has 5 nitrogen and oxygen atoms in total. The third kappa shape index (κ3) is 2.17. The van der Waals surface area contributed by atoms with Crippen molar-refractivity contribution in [2.24, 2.45) is 0 Å². The van der Waals surface area contributed by atoms with Crippen LogP contribution in [0.3, 0.4) is 0 Å². The molecule has 0 atom stereocenters. The molecule has 0 unspecified atom stereocenters. The number of carbonyl (C=O) groups is 1. The molecule has 1 aliphatic carbocycles. The molecule has 0 N–H and O–H groups in total. The number of likely N-dealkylation sites (tertiary alicyclic amines) is 1. The largest absolute Gasteiger partial charge is 0.334 e. The van der Waals surface area contributed by atoms with E-state index >= 15 is 0 Å². The second-order valence-electron chi connectivity index (χ2n) is 5.86. The molecule has 7 heteroatoms. The molecule has 4 rings (SSSR count). The number of hydrogen-bond donors (Lipinski definition) is 0. The summed E-state index contributed by atoms with van der Waals surface area (Å²) in [6.07, 6.45) is 4.22. The van der Waals surface area contributed by atoms with E-state index in [4.69, 9.17) is 0 Å². The average molecular weight is 304 g/mol. The Hall–Kier alpha value is -2.31. The summed E-state index contributed by atoms with van der Waals surface area (Å²) in [6.45, 7) is 0.778. The third-order valence-electron chi connectivity index (χ3n) is 4.22. The Morgan fingerprint density at radius 3 is 2.50 bits per heavy atom. The van der Waals surface area contributed by atoms with E-state index in [9.17, 15) is 13.6 Å². The highest BCUT2D eigenvalue weighted by molar-refractivity contribution is 5.95. The fourth-order valence-electron chi connectivity index (χ4n) is 2.68. The lowest BCUT2D eigenvalue weighted by Gasteiger charge is -2.38. The molecule has 0 bridgehead atoms. The number of nitrogens with zero attached hydrogens (tertiary/aromatic N) is 4. The molecule has 0 radical (unpaired) electrons. The molecule has 114 valence electrons. The topological polar surface area (TPSA) is 51.0 Å². The number of benzene rings is 1. The van der Waals surface area contributed by atoms with Gasteiger partial charge in [-0.05, 0) is 25.0 Å². The predicted octanol–water partition coefficient (Wildman–Crippen LogP) is 2.13. The quantitative estimate of drug-likeness (QED) is 0.873. The van der Waals surface area contributed by atoms with Crippen LogP contribution in [-0.2, 0) is 0 Å². The van der Waals surface area contributed by atoms with Crippen LogP contribution in [0.15, 0.2) is 24.4 Å². The minimum atomic E-state index is -0.828. The van der Waals surface area contributed by atoms with E-state index in [1.165, 1.54) is 11.0 Å². The number of amides is 1. The van der Waals surface area contributed by atoms with E-state index in [0.717, 1.165) is 30.7 Å². The first-order chi connectivity index (χ1) is 10.6. The summed E-state index contributed by atoms with van der Waals surface area (Å²) in [6, 6.07) is 3.45. The van der Waals surface area contributed by atoms with Crippen LogP contribution in [0.2, 0.25) is 0 Å². The van der Waals surface area contributed by atoms with Crippen molar-refractivity contribution in [1.29, 1.82) is 0 Å². The summed E-state index contributed by atoms with van der Waals surface area (Å²) in [5.74, 6) is -1.75. The van der Waals surface area contributed by atoms with Gasteiger partial charge in [0.15, 0.2) is 0 Å². The fraction of sp³-hybridized carbons (Fsp3) is 0.400. The van der Waals surface area contributed by atoms with Gasteiger partial charge in [0.2, 0.25) is 0 Å². The average Bonchev–Trinajstić information content (AvgIpc) is 3.17. The minimum Gasteiger partial charge on any atom is -0.334 e. The highest BCUT2D eigenvalue weighted by Gasteiger charge is 2.36. The fourth-order valence-corrected chi connectivity index (χ4v) is 2.68. The monoisotopic (exact) mass is 304 g/mol. The number of aromatic nitrogens is 3. The van der Waals surface area contributed by atoms with Gasteiger partial charge in [-0.15, -0.1) is 5.10 Å². The molecule has 2 aliphatic rings. The number of hydrogen-bond acceptors (Lipinski definition) is 3. The lowest BCUT2D eigenvalue weighted by molar-refractivity contribution is 0.0488. The first-order valence-corrected chi connectivity index (χ1v) is 7.28. The standard InChI is InChI=1S/C15H14F2N4O/c16-11-2-1-3-12(17)14(11)15(22)20-6-10(7-20)21-8-13(18-19-21)9-4-5-9/h1-3,8-10H,4-7H2. The number of carbonyl (C=O) groups excluding carboxylic acids is 1. The summed E-state index contributed by atoms with van der Waals surface area (Å²) in [4.78, 5) is 13.6. The maximum absolute atomic E-state index is 13.6. The van der Waals surface area contributed by atoms with E-state index in [-0.39, 0.29) is 6.04 Å². The third-order valence-corrected chi connectivity index (χ3v) is 4.22. The zero-order chi connectivity index (χ0) is 15.3. The first kappa shape index (κ1) is 13.4. The second kappa shape index (κ2) is 4.86. The zero-order valence-electron chi connectivity index (χ0n) is 11.7. The van der Waals surface area contributed by atoms with Gasteiger partial charge in [0.05, 0.1) is 11.7 Å². The SMILES string of the molecule is O=C(c1c(F)cccc1F)N1CC(n2cc(C3CC3)nn2)C1. The molecule has 1 aromatic carbocycles. The molecule has 1 aromatic heterocycles. The summed E-state index contributed by atoms with van der Waals surface area (Å²) >= 11 is 0. The van der Waals surface area contributed by atoms with Gasteiger partial charge in [-0.25, -0.2) is 13.5 Å². The highest BCUT2D eigenvalue weighted by atomic mass is 19.1. The van der Waals surface area contributed by atoms with Crippen molar-refractivity contribution < 1.29 is 13.6 Å². The van der Waals surface area contributed by atoms with Gasteiger partial charge in [-0.2, -0.15) is 0 Å². The molecule has 2 heterocycles. The Labute approximate surface area is 125 Å². The Bertz CT molecular complexity index is 715. The van der Waals surface area contributed by atoms with Crippen LogP contribution in [0.25, 0.3) is 0 Å². The van der Waals surface area contributed by atoms with E-state index in [0.29, 0.717) is 19.0 Å². The predicted molar refractivity (Wildman–Crippen MR) is 73.3 cm³/mol. The zero-order valence-corrected chi connectivity index (χ0v) is 11.7. The number of halogens is 2. The van der Waals surface area contributed by atoms with Gasteiger partial charge < -0.3 is 4.90 Å². The molecule has 2 fully saturated rings. The van der Waals surface area contributed by atoms with Crippen LogP contribution < -0.4 is 0 Å². The maximum atomic E-state index is 13.6. The molecular formula is C15H14F2N4O. The molecular weight excluding hydrogens is 290 g/mol. The summed E-state index contributed by atoms with van der Waals surface area (Å²) in [5.41, 5.74) is 0.503. The van der Waals surface area contributed by atoms with Crippen molar-refractivity contribution >= 4 is 5.91 Å². The van der Waals surface area contributed by atoms with Gasteiger partial charge in [0.1, 0.15) is 17.2 Å². The normalized spacial score (nSPS) is 18.4. The second-order valence-corrected chi connectivity index (χ2v) is 5.86. The van der Waals surface area contributed by atoms with Crippen molar-refractivity contribution in [1.82, 2.24) is 19.9 Å². The smallest absolute Gasteiger partial charge is 0.259 e. The van der Waals surface area contributed by atoms with Gasteiger partial charge in [-0.3, -0.25) is 4.79 Å². The Morgan fingerprint density at radius 2 is 1.86 bits per heavy atom. The Kier molecular flexibility index (Phi) is 2.95. The lowest BCUT2D eigenvalue weighted by Crippen LogP contribution is -2.51. The molecule has 1 saturated carbocycles. The van der Waals surface area contributed by atoms with Crippen molar-refractivity contribution in [3.8, 4) is 0 Å². The van der Waals surface area contributed by atoms with Crippen LogP contribution in [-0.4, -0.2) is 38.9 Å². The van der Waals surface area contributed by atoms with Crippen LogP contribution in [0.5, 0.6) is 0 Å². The molecule has 22 heavy (non-hydrogen) atoms. The highest BCUT2D eigenvalue weighted by Crippen LogP contribution is 2.39. The van der Waals surface area contributed by atoms with E-state index < -0.39 is 23.1 Å². The summed E-state index contributed by atoms with van der Waals surface area (Å²) in [5, 5.41) is 8.21. The van der Waals surface area contributed by atoms with Crippen LogP contribution in [0.4, 0.5) is 8.78 Å². The molecule has 0 spiro atoms. The van der Waals surface area contributed by atoms with Crippen molar-refractivity contribution in [3.05, 3.63) is 47.3 Å². The van der Waals surface area contributed by atoms with Gasteiger partial charge in [0.25, 0.3) is 5.91 Å². The van der Waals surface area contributed by atoms with E-state index in [1.54, 1.807) is 4.68 Å². The maximum Gasteiger partial charge on any atom is 0.259 e. The summed E-state index contributed by atoms with van der Waals surface area (Å²) in [7, 11) is 0. The Balaban J connectivity index is 1.45. The van der Waals surface area contributed by atoms with Crippen molar-refractivity contribution in [3.63, 3.8) is 0 Å². The minimum absolute atomic E-state index is 0.0267.